The molecule has 5 rings (SSSR count). The fraction of sp³-hybridized carbons (Fsp3) is 0. The average molecular weight is 326 g/mol. The van der Waals surface area contributed by atoms with Crippen LogP contribution in [0, 0.1) is 0 Å². The first kappa shape index (κ1) is 13.8. The molecule has 5 nitrogen and oxygen atoms in total. The number of amides is 1. The van der Waals surface area contributed by atoms with Gasteiger partial charge in [-0.1, -0.05) is 30.3 Å². The minimum absolute atomic E-state index is 0.110. The second-order valence-corrected chi connectivity index (χ2v) is 5.97. The van der Waals surface area contributed by atoms with E-state index in [1.165, 1.54) is 0 Å². The summed E-state index contributed by atoms with van der Waals surface area (Å²) < 4.78 is 0. The fourth-order valence-electron chi connectivity index (χ4n) is 3.22. The van der Waals surface area contributed by atoms with E-state index in [1.807, 2.05) is 66.9 Å². The van der Waals surface area contributed by atoms with Crippen LogP contribution in [0.4, 0.5) is 5.69 Å². The monoisotopic (exact) mass is 326 g/mol. The van der Waals surface area contributed by atoms with Crippen LogP contribution in [0.5, 0.6) is 0 Å². The quantitative estimate of drug-likeness (QED) is 0.486. The Bertz CT molecular complexity index is 1120. The van der Waals surface area contributed by atoms with Crippen molar-refractivity contribution in [1.29, 1.82) is 0 Å². The summed E-state index contributed by atoms with van der Waals surface area (Å²) in [6.07, 6.45) is 3.69. The zero-order valence-electron chi connectivity index (χ0n) is 13.2. The number of aromatic amines is 2. The van der Waals surface area contributed by atoms with Gasteiger partial charge in [0.15, 0.2) is 0 Å². The summed E-state index contributed by atoms with van der Waals surface area (Å²) in [6, 6.07) is 17.7. The van der Waals surface area contributed by atoms with E-state index in [9.17, 15) is 4.79 Å². The van der Waals surface area contributed by atoms with Gasteiger partial charge in [0.2, 0.25) is 0 Å². The molecule has 0 saturated heterocycles. The molecule has 1 aliphatic rings. The summed E-state index contributed by atoms with van der Waals surface area (Å²) in [6.45, 7) is 0. The Kier molecular flexibility index (Phi) is 2.87. The number of nitrogens with one attached hydrogen (secondary N) is 3. The lowest BCUT2D eigenvalue weighted by Crippen LogP contribution is -2.03. The molecule has 2 aromatic heterocycles. The van der Waals surface area contributed by atoms with Gasteiger partial charge < -0.3 is 15.3 Å². The first-order chi connectivity index (χ1) is 12.3. The smallest absolute Gasteiger partial charge is 0.256 e. The van der Waals surface area contributed by atoms with Crippen LogP contribution >= 0.6 is 0 Å². The third kappa shape index (κ3) is 2.17. The Morgan fingerprint density at radius 2 is 1.84 bits per heavy atom. The topological polar surface area (TPSA) is 73.6 Å². The maximum Gasteiger partial charge on any atom is 0.256 e. The highest BCUT2D eigenvalue weighted by Gasteiger charge is 2.28. The van der Waals surface area contributed by atoms with Gasteiger partial charge in [0.1, 0.15) is 5.82 Å². The molecule has 3 heterocycles. The largest absolute Gasteiger partial charge is 0.362 e. The predicted molar refractivity (Wildman–Crippen MR) is 98.8 cm³/mol. The van der Waals surface area contributed by atoms with Crippen molar-refractivity contribution < 1.29 is 4.79 Å². The van der Waals surface area contributed by atoms with Crippen LogP contribution < -0.4 is 5.32 Å². The molecule has 1 aliphatic heterocycles. The molecule has 0 saturated carbocycles. The van der Waals surface area contributed by atoms with Crippen molar-refractivity contribution in [3.63, 3.8) is 0 Å². The lowest BCUT2D eigenvalue weighted by Gasteiger charge is -1.99. The van der Waals surface area contributed by atoms with E-state index in [0.29, 0.717) is 5.57 Å². The van der Waals surface area contributed by atoms with Crippen LogP contribution in [-0.2, 0) is 4.79 Å². The molecule has 120 valence electrons. The zero-order chi connectivity index (χ0) is 16.8. The average Bonchev–Trinajstić information content (AvgIpc) is 3.35. The van der Waals surface area contributed by atoms with Gasteiger partial charge in [-0.05, 0) is 30.3 Å². The van der Waals surface area contributed by atoms with Gasteiger partial charge in [0.05, 0.1) is 22.3 Å². The summed E-state index contributed by atoms with van der Waals surface area (Å²) in [4.78, 5) is 23.7. The number of hydrogen-bond donors (Lipinski definition) is 3. The van der Waals surface area contributed by atoms with E-state index < -0.39 is 0 Å². The molecule has 0 unspecified atom stereocenters. The Hall–Kier alpha value is -3.60. The maximum atomic E-state index is 12.4. The number of H-pyrrole nitrogens is 2. The summed E-state index contributed by atoms with van der Waals surface area (Å²) in [7, 11) is 0. The molecule has 4 aromatic rings. The molecule has 0 bridgehead atoms. The van der Waals surface area contributed by atoms with E-state index in [-0.39, 0.29) is 5.91 Å². The summed E-state index contributed by atoms with van der Waals surface area (Å²) >= 11 is 0. The number of anilines is 1. The molecule has 0 fully saturated rings. The van der Waals surface area contributed by atoms with Crippen molar-refractivity contribution in [3.05, 3.63) is 72.1 Å². The number of fused-ring (bicyclic) bond motifs is 3. The van der Waals surface area contributed by atoms with Crippen molar-refractivity contribution in [3.8, 4) is 11.4 Å². The number of benzene rings is 2. The predicted octanol–water partition coefficient (Wildman–Crippen LogP) is 4.05. The molecule has 0 spiro atoms. The first-order valence-corrected chi connectivity index (χ1v) is 8.04. The van der Waals surface area contributed by atoms with Gasteiger partial charge in [-0.25, -0.2) is 4.98 Å². The summed E-state index contributed by atoms with van der Waals surface area (Å²) in [5, 5.41) is 2.93. The Morgan fingerprint density at radius 3 is 2.64 bits per heavy atom. The SMILES string of the molecule is O=C1Nc2ccc3[nH]c(-c4ccccc4)nc3c2C1=Cc1ccc[nH]1. The minimum atomic E-state index is -0.110. The van der Waals surface area contributed by atoms with E-state index >= 15 is 0 Å². The molecule has 1 amide bonds. The van der Waals surface area contributed by atoms with E-state index in [2.05, 4.69) is 15.3 Å². The second-order valence-electron chi connectivity index (χ2n) is 5.97. The van der Waals surface area contributed by atoms with Gasteiger partial charge in [0, 0.05) is 23.0 Å². The molecule has 0 radical (unpaired) electrons. The highest BCUT2D eigenvalue weighted by Crippen LogP contribution is 2.38. The number of carbonyl (C=O) groups excluding carboxylic acids is 1. The normalized spacial score (nSPS) is 14.9. The van der Waals surface area contributed by atoms with Gasteiger partial charge in [0.25, 0.3) is 5.91 Å². The second kappa shape index (κ2) is 5.21. The van der Waals surface area contributed by atoms with Crippen LogP contribution in [0.3, 0.4) is 0 Å². The van der Waals surface area contributed by atoms with Gasteiger partial charge in [-0.2, -0.15) is 0 Å². The van der Waals surface area contributed by atoms with Crippen LogP contribution in [0.25, 0.3) is 34.1 Å². The molecule has 25 heavy (non-hydrogen) atoms. The lowest BCUT2D eigenvalue weighted by atomic mass is 10.0. The van der Waals surface area contributed by atoms with E-state index in [1.54, 1.807) is 0 Å². The Balaban J connectivity index is 1.73. The highest BCUT2D eigenvalue weighted by atomic mass is 16.2. The van der Waals surface area contributed by atoms with Gasteiger partial charge in [-0.3, -0.25) is 4.79 Å². The van der Waals surface area contributed by atoms with Crippen LogP contribution in [0.1, 0.15) is 11.3 Å². The minimum Gasteiger partial charge on any atom is -0.362 e. The molecule has 5 heteroatoms. The Labute approximate surface area is 143 Å². The number of nitrogens with zero attached hydrogens (tertiary/aromatic N) is 1. The zero-order valence-corrected chi connectivity index (χ0v) is 13.2. The third-order valence-electron chi connectivity index (χ3n) is 4.39. The molecular formula is C20H14N4O. The van der Waals surface area contributed by atoms with Crippen molar-refractivity contribution in [2.75, 3.05) is 5.32 Å². The van der Waals surface area contributed by atoms with Crippen molar-refractivity contribution >= 4 is 34.3 Å². The van der Waals surface area contributed by atoms with E-state index in [4.69, 9.17) is 4.98 Å². The fourth-order valence-corrected chi connectivity index (χ4v) is 3.22. The molecule has 2 aromatic carbocycles. The van der Waals surface area contributed by atoms with E-state index in [0.717, 1.165) is 39.4 Å². The van der Waals surface area contributed by atoms with Crippen molar-refractivity contribution in [1.82, 2.24) is 15.0 Å². The Morgan fingerprint density at radius 1 is 0.960 bits per heavy atom. The number of aromatic nitrogens is 3. The van der Waals surface area contributed by atoms with Crippen molar-refractivity contribution in [2.45, 2.75) is 0 Å². The number of rotatable bonds is 2. The van der Waals surface area contributed by atoms with Crippen LogP contribution in [0.2, 0.25) is 0 Å². The van der Waals surface area contributed by atoms with Crippen molar-refractivity contribution in [2.24, 2.45) is 0 Å². The molecular weight excluding hydrogens is 312 g/mol. The summed E-state index contributed by atoms with van der Waals surface area (Å²) in [5.74, 6) is 0.684. The molecule has 3 N–H and O–H groups in total. The third-order valence-corrected chi connectivity index (χ3v) is 4.39. The molecule has 0 atom stereocenters. The molecule has 0 aliphatic carbocycles. The summed E-state index contributed by atoms with van der Waals surface area (Å²) in [5.41, 5.74) is 5.86. The number of imidazole rings is 1. The lowest BCUT2D eigenvalue weighted by molar-refractivity contribution is -0.110. The number of hydrogen-bond acceptors (Lipinski definition) is 2. The van der Waals surface area contributed by atoms with Crippen LogP contribution in [0.15, 0.2) is 60.8 Å². The first-order valence-electron chi connectivity index (χ1n) is 8.04. The maximum absolute atomic E-state index is 12.4. The van der Waals surface area contributed by atoms with Gasteiger partial charge in [-0.15, -0.1) is 0 Å². The standard InChI is InChI=1S/C20H14N4O/c25-20-14(11-13-7-4-10-21-13)17-15(23-20)8-9-16-18(17)24-19(22-16)12-5-2-1-3-6-12/h1-11,21H,(H,22,24)(H,23,25). The highest BCUT2D eigenvalue weighted by molar-refractivity contribution is 6.37. The van der Waals surface area contributed by atoms with Gasteiger partial charge >= 0.3 is 0 Å². The van der Waals surface area contributed by atoms with Crippen LogP contribution in [-0.4, -0.2) is 20.9 Å². The number of carbonyl (C=O) groups is 1.